The van der Waals surface area contributed by atoms with Gasteiger partial charge in [0.1, 0.15) is 24.1 Å². The molecule has 0 aliphatic heterocycles. The van der Waals surface area contributed by atoms with Gasteiger partial charge < -0.3 is 25.4 Å². The number of benzene rings is 1. The molecule has 0 aliphatic carbocycles. The van der Waals surface area contributed by atoms with Gasteiger partial charge in [0.25, 0.3) is 0 Å². The molecule has 4 atom stereocenters. The highest BCUT2D eigenvalue weighted by molar-refractivity contribution is 6.31. The first kappa shape index (κ1) is 14.2. The number of aliphatic hydroxyl groups is 4. The van der Waals surface area contributed by atoms with Gasteiger partial charge in [-0.1, -0.05) is 11.6 Å². The van der Waals surface area contributed by atoms with Gasteiger partial charge in [0.15, 0.2) is 0 Å². The molecule has 6 nitrogen and oxygen atoms in total. The summed E-state index contributed by atoms with van der Waals surface area (Å²) in [6.07, 6.45) is -5.61. The molecule has 1 aromatic carbocycles. The van der Waals surface area contributed by atoms with Crippen molar-refractivity contribution >= 4 is 22.6 Å². The smallest absolute Gasteiger partial charge is 0.140 e. The number of nitrogens with one attached hydrogen (secondary N) is 1. The SMILES string of the molecule is CC(O)[C@H](O)C(O)C(O)c1nc2cc(Cl)ccc2[nH]1. The zero-order valence-corrected chi connectivity index (χ0v) is 10.9. The molecule has 2 rings (SSSR count). The molecule has 1 aromatic heterocycles. The van der Waals surface area contributed by atoms with E-state index in [4.69, 9.17) is 11.6 Å². The Kier molecular flexibility index (Phi) is 4.07. The number of hydrogen-bond acceptors (Lipinski definition) is 5. The highest BCUT2D eigenvalue weighted by atomic mass is 35.5. The number of halogens is 1. The fraction of sp³-hybridized carbons (Fsp3) is 0.417. The number of fused-ring (bicyclic) bond motifs is 1. The van der Waals surface area contributed by atoms with Crippen molar-refractivity contribution in [1.29, 1.82) is 0 Å². The summed E-state index contributed by atoms with van der Waals surface area (Å²) in [7, 11) is 0. The van der Waals surface area contributed by atoms with E-state index in [1.807, 2.05) is 0 Å². The monoisotopic (exact) mass is 286 g/mol. The van der Waals surface area contributed by atoms with E-state index in [0.717, 1.165) is 0 Å². The van der Waals surface area contributed by atoms with Crippen molar-refractivity contribution in [3.8, 4) is 0 Å². The molecule has 7 heteroatoms. The molecule has 0 amide bonds. The summed E-state index contributed by atoms with van der Waals surface area (Å²) in [5, 5.41) is 38.9. The van der Waals surface area contributed by atoms with Crippen molar-refractivity contribution in [3.63, 3.8) is 0 Å². The molecule has 0 bridgehead atoms. The third-order valence-corrected chi connectivity index (χ3v) is 3.15. The predicted molar refractivity (Wildman–Crippen MR) is 69.8 cm³/mol. The third-order valence-electron chi connectivity index (χ3n) is 2.91. The van der Waals surface area contributed by atoms with Gasteiger partial charge in [0.2, 0.25) is 0 Å². The minimum absolute atomic E-state index is 0.101. The molecule has 1 heterocycles. The van der Waals surface area contributed by atoms with E-state index in [9.17, 15) is 20.4 Å². The van der Waals surface area contributed by atoms with Crippen LogP contribution in [0.25, 0.3) is 11.0 Å². The largest absolute Gasteiger partial charge is 0.391 e. The summed E-state index contributed by atoms with van der Waals surface area (Å²) in [4.78, 5) is 6.92. The first-order chi connectivity index (χ1) is 8.90. The Hall–Kier alpha value is -1.18. The average molecular weight is 287 g/mol. The van der Waals surface area contributed by atoms with Crippen molar-refractivity contribution in [2.45, 2.75) is 31.3 Å². The van der Waals surface area contributed by atoms with Crippen LogP contribution >= 0.6 is 11.6 Å². The van der Waals surface area contributed by atoms with Crippen LogP contribution in [0.5, 0.6) is 0 Å². The van der Waals surface area contributed by atoms with Crippen molar-refractivity contribution in [2.75, 3.05) is 0 Å². The minimum atomic E-state index is -1.55. The summed E-state index contributed by atoms with van der Waals surface area (Å²) >= 11 is 5.82. The Morgan fingerprint density at radius 2 is 1.84 bits per heavy atom. The first-order valence-corrected chi connectivity index (χ1v) is 6.15. The number of aliphatic hydroxyl groups excluding tert-OH is 4. The van der Waals surface area contributed by atoms with E-state index in [1.54, 1.807) is 18.2 Å². The van der Waals surface area contributed by atoms with E-state index in [-0.39, 0.29) is 5.82 Å². The fourth-order valence-corrected chi connectivity index (χ4v) is 1.94. The van der Waals surface area contributed by atoms with Crippen LogP contribution in [0.2, 0.25) is 5.02 Å². The second kappa shape index (κ2) is 5.44. The number of rotatable bonds is 4. The Balaban J connectivity index is 2.28. The topological polar surface area (TPSA) is 110 Å². The van der Waals surface area contributed by atoms with Crippen LogP contribution < -0.4 is 0 Å². The van der Waals surface area contributed by atoms with Crippen molar-refractivity contribution in [1.82, 2.24) is 9.97 Å². The molecule has 0 saturated heterocycles. The third kappa shape index (κ3) is 2.88. The number of nitrogens with zero attached hydrogens (tertiary/aromatic N) is 1. The molecule has 5 N–H and O–H groups in total. The van der Waals surface area contributed by atoms with Crippen LogP contribution in [-0.2, 0) is 0 Å². The van der Waals surface area contributed by atoms with Gasteiger partial charge in [0, 0.05) is 5.02 Å². The molecule has 0 saturated carbocycles. The van der Waals surface area contributed by atoms with E-state index in [0.29, 0.717) is 16.1 Å². The van der Waals surface area contributed by atoms with Gasteiger partial charge in [-0.05, 0) is 25.1 Å². The second-order valence-electron chi connectivity index (χ2n) is 4.45. The van der Waals surface area contributed by atoms with Crippen LogP contribution in [0.4, 0.5) is 0 Å². The summed E-state index contributed by atoms with van der Waals surface area (Å²) in [6.45, 7) is 1.32. The van der Waals surface area contributed by atoms with E-state index in [1.165, 1.54) is 6.92 Å². The molecule has 104 valence electrons. The molecule has 0 fully saturated rings. The van der Waals surface area contributed by atoms with Crippen molar-refractivity contribution in [3.05, 3.63) is 29.0 Å². The van der Waals surface area contributed by atoms with Crippen LogP contribution in [0.15, 0.2) is 18.2 Å². The van der Waals surface area contributed by atoms with Gasteiger partial charge >= 0.3 is 0 Å². The molecule has 2 aromatic rings. The van der Waals surface area contributed by atoms with E-state index >= 15 is 0 Å². The zero-order chi connectivity index (χ0) is 14.2. The number of aromatic nitrogens is 2. The van der Waals surface area contributed by atoms with Crippen LogP contribution in [0, 0.1) is 0 Å². The minimum Gasteiger partial charge on any atom is -0.391 e. The predicted octanol–water partition coefficient (Wildman–Crippen LogP) is 0.352. The molecule has 0 radical (unpaired) electrons. The lowest BCUT2D eigenvalue weighted by atomic mass is 10.0. The Bertz CT molecular complexity index is 572. The second-order valence-corrected chi connectivity index (χ2v) is 4.89. The van der Waals surface area contributed by atoms with Gasteiger partial charge in [0.05, 0.1) is 17.1 Å². The lowest BCUT2D eigenvalue weighted by Gasteiger charge is -2.23. The molecular weight excluding hydrogens is 272 g/mol. The molecule has 3 unspecified atom stereocenters. The van der Waals surface area contributed by atoms with Gasteiger partial charge in [-0.3, -0.25) is 0 Å². The summed E-state index contributed by atoms with van der Waals surface area (Å²) in [5.41, 5.74) is 1.19. The lowest BCUT2D eigenvalue weighted by molar-refractivity contribution is -0.103. The molecule has 0 aliphatic rings. The maximum Gasteiger partial charge on any atom is 0.140 e. The van der Waals surface area contributed by atoms with Gasteiger partial charge in [-0.25, -0.2) is 4.98 Å². The number of aromatic amines is 1. The molecular formula is C12H15ClN2O4. The maximum atomic E-state index is 9.93. The Morgan fingerprint density at radius 3 is 2.47 bits per heavy atom. The summed E-state index contributed by atoms with van der Waals surface area (Å²) in [6, 6.07) is 4.97. The Morgan fingerprint density at radius 1 is 1.16 bits per heavy atom. The van der Waals surface area contributed by atoms with Crippen LogP contribution in [0.3, 0.4) is 0 Å². The fourth-order valence-electron chi connectivity index (χ4n) is 1.77. The summed E-state index contributed by atoms with van der Waals surface area (Å²) in [5.74, 6) is 0.101. The van der Waals surface area contributed by atoms with Crippen LogP contribution in [0.1, 0.15) is 18.9 Å². The van der Waals surface area contributed by atoms with E-state index < -0.39 is 24.4 Å². The van der Waals surface area contributed by atoms with Crippen molar-refractivity contribution in [2.24, 2.45) is 0 Å². The molecule has 19 heavy (non-hydrogen) atoms. The van der Waals surface area contributed by atoms with Gasteiger partial charge in [-0.15, -0.1) is 0 Å². The van der Waals surface area contributed by atoms with E-state index in [2.05, 4.69) is 9.97 Å². The standard InChI is InChI=1S/C12H15ClN2O4/c1-5(16)9(17)10(18)11(19)12-14-7-3-2-6(13)4-8(7)15-12/h2-5,9-11,16-19H,1H3,(H,14,15)/t5?,9-,10?,11?/m0/s1. The van der Waals surface area contributed by atoms with Crippen LogP contribution in [-0.4, -0.2) is 48.7 Å². The summed E-state index contributed by atoms with van der Waals surface area (Å²) < 4.78 is 0. The highest BCUT2D eigenvalue weighted by Gasteiger charge is 2.30. The average Bonchev–Trinajstić information content (AvgIpc) is 2.78. The lowest BCUT2D eigenvalue weighted by Crippen LogP contribution is -2.39. The Labute approximate surface area is 114 Å². The highest BCUT2D eigenvalue weighted by Crippen LogP contribution is 2.23. The zero-order valence-electron chi connectivity index (χ0n) is 10.2. The molecule has 0 spiro atoms. The van der Waals surface area contributed by atoms with Crippen molar-refractivity contribution < 1.29 is 20.4 Å². The number of hydrogen-bond donors (Lipinski definition) is 5. The number of H-pyrrole nitrogens is 1. The quantitative estimate of drug-likeness (QED) is 0.557. The first-order valence-electron chi connectivity index (χ1n) is 5.77. The number of imidazole rings is 1. The normalized spacial score (nSPS) is 18.2. The van der Waals surface area contributed by atoms with Gasteiger partial charge in [-0.2, -0.15) is 0 Å². The maximum absolute atomic E-state index is 9.93.